The predicted molar refractivity (Wildman–Crippen MR) is 85.6 cm³/mol. The van der Waals surface area contributed by atoms with Gasteiger partial charge in [0.05, 0.1) is 10.6 Å². The van der Waals surface area contributed by atoms with Crippen molar-refractivity contribution in [2.45, 2.75) is 26.2 Å². The van der Waals surface area contributed by atoms with Gasteiger partial charge in [-0.25, -0.2) is 0 Å². The molecular weight excluding hydrogens is 349 g/mol. The van der Waals surface area contributed by atoms with E-state index in [1.54, 1.807) is 18.2 Å². The maximum Gasteiger partial charge on any atom is 0.252 e. The van der Waals surface area contributed by atoms with Crippen LogP contribution in [-0.4, -0.2) is 17.8 Å². The van der Waals surface area contributed by atoms with Gasteiger partial charge in [0.15, 0.2) is 0 Å². The highest BCUT2D eigenvalue weighted by Gasteiger charge is 2.13. The van der Waals surface area contributed by atoms with Crippen LogP contribution in [0.5, 0.6) is 0 Å². The van der Waals surface area contributed by atoms with Crippen LogP contribution >= 0.6 is 39.1 Å². The molecule has 2 nitrogen and oxygen atoms in total. The Morgan fingerprint density at radius 3 is 2.74 bits per heavy atom. The van der Waals surface area contributed by atoms with Gasteiger partial charge in [-0.15, -0.1) is 0 Å². The molecule has 1 amide bonds. The Kier molecular flexibility index (Phi) is 7.81. The van der Waals surface area contributed by atoms with Gasteiger partial charge in [-0.3, -0.25) is 4.79 Å². The second-order valence-electron chi connectivity index (χ2n) is 4.47. The Morgan fingerprint density at radius 1 is 1.37 bits per heavy atom. The normalized spacial score (nSPS) is 12.2. The number of benzene rings is 1. The Labute approximate surface area is 133 Å². The standard InChI is InChI=1S/C14H18BrCl2NO/c1-2-3-10(6-7-15)9-18-14(19)12-8-11(16)4-5-13(12)17/h4-5,8,10H,2-3,6-7,9H2,1H3,(H,18,19). The summed E-state index contributed by atoms with van der Waals surface area (Å²) in [5, 5.41) is 4.82. The summed E-state index contributed by atoms with van der Waals surface area (Å²) in [5.74, 6) is 0.328. The van der Waals surface area contributed by atoms with Crippen LogP contribution in [0.2, 0.25) is 10.0 Å². The second-order valence-corrected chi connectivity index (χ2v) is 6.10. The molecule has 0 heterocycles. The van der Waals surface area contributed by atoms with E-state index < -0.39 is 0 Å². The average Bonchev–Trinajstić information content (AvgIpc) is 2.39. The van der Waals surface area contributed by atoms with Crippen LogP contribution < -0.4 is 5.32 Å². The third kappa shape index (κ3) is 5.72. The number of carbonyl (C=O) groups is 1. The lowest BCUT2D eigenvalue weighted by atomic mass is 10.0. The molecule has 0 radical (unpaired) electrons. The van der Waals surface area contributed by atoms with Gasteiger partial charge in [0.2, 0.25) is 0 Å². The summed E-state index contributed by atoms with van der Waals surface area (Å²) in [6.07, 6.45) is 3.28. The van der Waals surface area contributed by atoms with E-state index in [-0.39, 0.29) is 5.91 Å². The number of alkyl halides is 1. The molecule has 0 bridgehead atoms. The van der Waals surface area contributed by atoms with E-state index in [2.05, 4.69) is 28.2 Å². The molecule has 0 aromatic heterocycles. The first-order valence-electron chi connectivity index (χ1n) is 6.37. The molecule has 5 heteroatoms. The van der Waals surface area contributed by atoms with Gasteiger partial charge < -0.3 is 5.32 Å². The third-order valence-electron chi connectivity index (χ3n) is 2.94. The molecule has 19 heavy (non-hydrogen) atoms. The summed E-state index contributed by atoms with van der Waals surface area (Å²) in [6.45, 7) is 2.82. The highest BCUT2D eigenvalue weighted by molar-refractivity contribution is 9.09. The quantitative estimate of drug-likeness (QED) is 0.681. The minimum atomic E-state index is -0.164. The molecule has 1 atom stereocenters. The molecule has 0 aliphatic heterocycles. The summed E-state index contributed by atoms with van der Waals surface area (Å²) >= 11 is 15.3. The molecule has 0 saturated heterocycles. The predicted octanol–water partition coefficient (Wildman–Crippen LogP) is 4.92. The molecule has 1 rings (SSSR count). The Bertz CT molecular complexity index is 420. The number of rotatable bonds is 7. The van der Waals surface area contributed by atoms with Crippen molar-refractivity contribution in [1.29, 1.82) is 0 Å². The monoisotopic (exact) mass is 365 g/mol. The number of hydrogen-bond acceptors (Lipinski definition) is 1. The minimum Gasteiger partial charge on any atom is -0.352 e. The summed E-state index contributed by atoms with van der Waals surface area (Å²) < 4.78 is 0. The molecular formula is C14H18BrCl2NO. The molecule has 1 unspecified atom stereocenters. The fourth-order valence-electron chi connectivity index (χ4n) is 1.91. The lowest BCUT2D eigenvalue weighted by molar-refractivity contribution is 0.0946. The molecule has 0 aliphatic rings. The van der Waals surface area contributed by atoms with Gasteiger partial charge in [-0.1, -0.05) is 52.5 Å². The number of nitrogens with one attached hydrogen (secondary N) is 1. The zero-order valence-corrected chi connectivity index (χ0v) is 14.0. The zero-order chi connectivity index (χ0) is 14.3. The molecule has 0 saturated carbocycles. The topological polar surface area (TPSA) is 29.1 Å². The Balaban J connectivity index is 2.61. The molecule has 106 valence electrons. The molecule has 1 aromatic rings. The van der Waals surface area contributed by atoms with Crippen molar-refractivity contribution in [3.63, 3.8) is 0 Å². The van der Waals surface area contributed by atoms with Gasteiger partial charge in [0.1, 0.15) is 0 Å². The highest BCUT2D eigenvalue weighted by Crippen LogP contribution is 2.20. The van der Waals surface area contributed by atoms with Crippen molar-refractivity contribution in [1.82, 2.24) is 5.32 Å². The minimum absolute atomic E-state index is 0.164. The first-order valence-corrected chi connectivity index (χ1v) is 8.25. The first kappa shape index (κ1) is 16.8. The van der Waals surface area contributed by atoms with Crippen molar-refractivity contribution < 1.29 is 4.79 Å². The van der Waals surface area contributed by atoms with Crippen LogP contribution in [0, 0.1) is 5.92 Å². The van der Waals surface area contributed by atoms with E-state index in [0.29, 0.717) is 28.1 Å². The van der Waals surface area contributed by atoms with Crippen LogP contribution in [0.4, 0.5) is 0 Å². The number of carbonyl (C=O) groups excluding carboxylic acids is 1. The SMILES string of the molecule is CCCC(CCBr)CNC(=O)c1cc(Cl)ccc1Cl. The van der Waals surface area contributed by atoms with Crippen molar-refractivity contribution in [2.24, 2.45) is 5.92 Å². The second kappa shape index (κ2) is 8.83. The van der Waals surface area contributed by atoms with Gasteiger partial charge in [0, 0.05) is 16.9 Å². The van der Waals surface area contributed by atoms with E-state index in [0.717, 1.165) is 24.6 Å². The third-order valence-corrected chi connectivity index (χ3v) is 3.96. The van der Waals surface area contributed by atoms with Crippen molar-refractivity contribution >= 4 is 45.0 Å². The van der Waals surface area contributed by atoms with Crippen LogP contribution in [0.3, 0.4) is 0 Å². The Morgan fingerprint density at radius 2 is 2.11 bits per heavy atom. The van der Waals surface area contributed by atoms with Crippen LogP contribution in [-0.2, 0) is 0 Å². The van der Waals surface area contributed by atoms with Crippen LogP contribution in [0.25, 0.3) is 0 Å². The maximum atomic E-state index is 12.1. The van der Waals surface area contributed by atoms with Crippen molar-refractivity contribution in [3.05, 3.63) is 33.8 Å². The van der Waals surface area contributed by atoms with Gasteiger partial charge in [0.25, 0.3) is 5.91 Å². The smallest absolute Gasteiger partial charge is 0.252 e. The van der Waals surface area contributed by atoms with Gasteiger partial charge in [-0.05, 0) is 37.0 Å². The lowest BCUT2D eigenvalue weighted by Crippen LogP contribution is -2.29. The highest BCUT2D eigenvalue weighted by atomic mass is 79.9. The fourth-order valence-corrected chi connectivity index (χ4v) is 2.94. The Hall–Kier alpha value is -0.250. The average molecular weight is 367 g/mol. The largest absolute Gasteiger partial charge is 0.352 e. The summed E-state index contributed by atoms with van der Waals surface area (Å²) in [6, 6.07) is 4.91. The van der Waals surface area contributed by atoms with E-state index in [1.807, 2.05) is 0 Å². The molecule has 1 N–H and O–H groups in total. The van der Waals surface area contributed by atoms with Crippen LogP contribution in [0.15, 0.2) is 18.2 Å². The summed E-state index contributed by atoms with van der Waals surface area (Å²) in [5.41, 5.74) is 0.434. The summed E-state index contributed by atoms with van der Waals surface area (Å²) in [4.78, 5) is 12.1. The van der Waals surface area contributed by atoms with E-state index in [4.69, 9.17) is 23.2 Å². The molecule has 0 aliphatic carbocycles. The van der Waals surface area contributed by atoms with Gasteiger partial charge >= 0.3 is 0 Å². The maximum absolute atomic E-state index is 12.1. The van der Waals surface area contributed by atoms with Crippen LogP contribution in [0.1, 0.15) is 36.5 Å². The van der Waals surface area contributed by atoms with Gasteiger partial charge in [-0.2, -0.15) is 0 Å². The number of halogens is 3. The zero-order valence-electron chi connectivity index (χ0n) is 10.9. The fraction of sp³-hybridized carbons (Fsp3) is 0.500. The molecule has 0 spiro atoms. The molecule has 1 aromatic carbocycles. The number of amides is 1. The van der Waals surface area contributed by atoms with E-state index >= 15 is 0 Å². The van der Waals surface area contributed by atoms with Crippen molar-refractivity contribution in [2.75, 3.05) is 11.9 Å². The summed E-state index contributed by atoms with van der Waals surface area (Å²) in [7, 11) is 0. The van der Waals surface area contributed by atoms with E-state index in [9.17, 15) is 4.79 Å². The lowest BCUT2D eigenvalue weighted by Gasteiger charge is -2.16. The number of hydrogen-bond donors (Lipinski definition) is 1. The van der Waals surface area contributed by atoms with Crippen molar-refractivity contribution in [3.8, 4) is 0 Å². The first-order chi connectivity index (χ1) is 9.08. The molecule has 0 fully saturated rings. The van der Waals surface area contributed by atoms with E-state index in [1.165, 1.54) is 0 Å².